The first-order valence-electron chi connectivity index (χ1n) is 8.83. The third-order valence-electron chi connectivity index (χ3n) is 4.49. The molecule has 29 heavy (non-hydrogen) atoms. The summed E-state index contributed by atoms with van der Waals surface area (Å²) in [4.78, 5) is 16.9. The van der Waals surface area contributed by atoms with Gasteiger partial charge in [-0.2, -0.15) is 0 Å². The van der Waals surface area contributed by atoms with Gasteiger partial charge in [-0.05, 0) is 18.2 Å². The minimum absolute atomic E-state index is 0.158. The second-order valence-corrected chi connectivity index (χ2v) is 7.19. The summed E-state index contributed by atoms with van der Waals surface area (Å²) < 4.78 is 12.4. The van der Waals surface area contributed by atoms with Crippen LogP contribution in [0.25, 0.3) is 22.1 Å². The van der Waals surface area contributed by atoms with E-state index in [-0.39, 0.29) is 11.7 Å². The maximum atomic E-state index is 12.3. The molecule has 0 radical (unpaired) electrons. The van der Waals surface area contributed by atoms with E-state index in [0.717, 1.165) is 22.1 Å². The molecule has 9 heteroatoms. The van der Waals surface area contributed by atoms with Gasteiger partial charge in [-0.15, -0.1) is 10.2 Å². The number of carbonyl (C=O) groups excluding carboxylic acids is 1. The highest BCUT2D eigenvalue weighted by Crippen LogP contribution is 2.30. The van der Waals surface area contributed by atoms with Crippen LogP contribution in [0.1, 0.15) is 0 Å². The van der Waals surface area contributed by atoms with Crippen molar-refractivity contribution in [1.82, 2.24) is 19.7 Å². The van der Waals surface area contributed by atoms with E-state index in [4.69, 9.17) is 9.47 Å². The van der Waals surface area contributed by atoms with Crippen LogP contribution in [0.4, 0.5) is 5.69 Å². The molecular formula is C20H19N5O3S. The van der Waals surface area contributed by atoms with Crippen molar-refractivity contribution in [2.24, 2.45) is 7.05 Å². The Kier molecular flexibility index (Phi) is 5.22. The lowest BCUT2D eigenvalue weighted by atomic mass is 10.2. The Bertz CT molecular complexity index is 1210. The van der Waals surface area contributed by atoms with E-state index in [0.29, 0.717) is 22.3 Å². The number of benzene rings is 2. The number of nitrogens with zero attached hydrogens (tertiary/aromatic N) is 4. The quantitative estimate of drug-likeness (QED) is 0.489. The van der Waals surface area contributed by atoms with Crippen LogP contribution < -0.4 is 14.8 Å². The van der Waals surface area contributed by atoms with Crippen molar-refractivity contribution in [3.05, 3.63) is 42.5 Å². The van der Waals surface area contributed by atoms with Crippen LogP contribution in [0.15, 0.2) is 47.6 Å². The molecule has 0 atom stereocenters. The molecule has 2 heterocycles. The van der Waals surface area contributed by atoms with Crippen molar-refractivity contribution in [1.29, 1.82) is 0 Å². The summed E-state index contributed by atoms with van der Waals surface area (Å²) in [7, 11) is 5.05. The molecule has 4 aromatic rings. The van der Waals surface area contributed by atoms with Gasteiger partial charge in [0.25, 0.3) is 0 Å². The lowest BCUT2D eigenvalue weighted by Crippen LogP contribution is -2.14. The third kappa shape index (κ3) is 3.68. The number of rotatable bonds is 6. The fourth-order valence-corrected chi connectivity index (χ4v) is 3.68. The molecule has 148 valence electrons. The van der Waals surface area contributed by atoms with E-state index >= 15 is 0 Å². The largest absolute Gasteiger partial charge is 0.493 e. The molecule has 0 bridgehead atoms. The van der Waals surface area contributed by atoms with E-state index in [9.17, 15) is 4.79 Å². The van der Waals surface area contributed by atoms with Crippen molar-refractivity contribution >= 4 is 45.4 Å². The standard InChI is InChI=1S/C20H19N5O3S/c1-25-14-7-5-4-6-13(14)18-19(25)22-20(24-23-18)29-11-17(26)21-12-8-9-15(27-2)16(10-12)28-3/h4-10H,11H2,1-3H3,(H,21,26). The normalized spacial score (nSPS) is 11.0. The molecule has 0 fully saturated rings. The first-order valence-corrected chi connectivity index (χ1v) is 9.82. The molecule has 0 aliphatic carbocycles. The van der Waals surface area contributed by atoms with Crippen LogP contribution in [-0.4, -0.2) is 45.6 Å². The Balaban J connectivity index is 1.47. The highest BCUT2D eigenvalue weighted by Gasteiger charge is 2.14. The van der Waals surface area contributed by atoms with E-state index in [1.165, 1.54) is 11.8 Å². The minimum Gasteiger partial charge on any atom is -0.493 e. The van der Waals surface area contributed by atoms with E-state index in [2.05, 4.69) is 20.5 Å². The molecule has 1 amide bonds. The highest BCUT2D eigenvalue weighted by molar-refractivity contribution is 7.99. The maximum Gasteiger partial charge on any atom is 0.234 e. The number of nitrogens with one attached hydrogen (secondary N) is 1. The fraction of sp³-hybridized carbons (Fsp3) is 0.200. The van der Waals surface area contributed by atoms with Gasteiger partial charge in [0, 0.05) is 24.2 Å². The van der Waals surface area contributed by atoms with Gasteiger partial charge in [0.1, 0.15) is 5.52 Å². The van der Waals surface area contributed by atoms with Crippen LogP contribution in [0.5, 0.6) is 11.5 Å². The summed E-state index contributed by atoms with van der Waals surface area (Å²) >= 11 is 1.23. The van der Waals surface area contributed by atoms with Crippen LogP contribution in [-0.2, 0) is 11.8 Å². The van der Waals surface area contributed by atoms with Gasteiger partial charge in [-0.1, -0.05) is 30.0 Å². The first-order chi connectivity index (χ1) is 14.1. The molecule has 2 aromatic carbocycles. The van der Waals surface area contributed by atoms with Gasteiger partial charge in [0.2, 0.25) is 11.1 Å². The number of fused-ring (bicyclic) bond motifs is 3. The van der Waals surface area contributed by atoms with Gasteiger partial charge in [-0.3, -0.25) is 4.79 Å². The number of hydrogen-bond acceptors (Lipinski definition) is 7. The summed E-state index contributed by atoms with van der Waals surface area (Å²) in [6, 6.07) is 13.2. The number of carbonyl (C=O) groups is 1. The lowest BCUT2D eigenvalue weighted by Gasteiger charge is -2.10. The number of para-hydroxylation sites is 1. The Labute approximate surface area is 171 Å². The van der Waals surface area contributed by atoms with Gasteiger partial charge in [-0.25, -0.2) is 4.98 Å². The molecule has 0 aliphatic heterocycles. The summed E-state index contributed by atoms with van der Waals surface area (Å²) in [5, 5.41) is 12.8. The van der Waals surface area contributed by atoms with Crippen molar-refractivity contribution in [3.8, 4) is 11.5 Å². The van der Waals surface area contributed by atoms with Crippen molar-refractivity contribution in [3.63, 3.8) is 0 Å². The summed E-state index contributed by atoms with van der Waals surface area (Å²) in [6.45, 7) is 0. The Morgan fingerprint density at radius 2 is 1.90 bits per heavy atom. The number of aryl methyl sites for hydroxylation is 1. The third-order valence-corrected chi connectivity index (χ3v) is 5.32. The number of thioether (sulfide) groups is 1. The maximum absolute atomic E-state index is 12.3. The molecule has 0 saturated carbocycles. The molecule has 0 spiro atoms. The van der Waals surface area contributed by atoms with Gasteiger partial charge in [0.15, 0.2) is 17.1 Å². The monoisotopic (exact) mass is 409 g/mol. The van der Waals surface area contributed by atoms with E-state index in [1.807, 2.05) is 35.9 Å². The topological polar surface area (TPSA) is 91.2 Å². The predicted molar refractivity (Wildman–Crippen MR) is 113 cm³/mol. The zero-order chi connectivity index (χ0) is 20.4. The van der Waals surface area contributed by atoms with E-state index in [1.54, 1.807) is 32.4 Å². The number of aromatic nitrogens is 4. The zero-order valence-electron chi connectivity index (χ0n) is 16.2. The number of amides is 1. The predicted octanol–water partition coefficient (Wildman–Crippen LogP) is 3.26. The number of methoxy groups -OCH3 is 2. The molecule has 1 N–H and O–H groups in total. The minimum atomic E-state index is -0.178. The summed E-state index contributed by atoms with van der Waals surface area (Å²) in [5.74, 6) is 1.13. The molecule has 0 unspecified atom stereocenters. The van der Waals surface area contributed by atoms with Gasteiger partial charge < -0.3 is 19.4 Å². The molecular weight excluding hydrogens is 390 g/mol. The molecule has 2 aromatic heterocycles. The van der Waals surface area contributed by atoms with Crippen LogP contribution in [0.2, 0.25) is 0 Å². The Hall–Kier alpha value is -3.33. The van der Waals surface area contributed by atoms with Crippen molar-refractivity contribution in [2.45, 2.75) is 5.16 Å². The van der Waals surface area contributed by atoms with Crippen molar-refractivity contribution < 1.29 is 14.3 Å². The molecule has 0 saturated heterocycles. The number of ether oxygens (including phenoxy) is 2. The van der Waals surface area contributed by atoms with Crippen LogP contribution in [0, 0.1) is 0 Å². The molecule has 0 aliphatic rings. The Morgan fingerprint density at radius 1 is 1.10 bits per heavy atom. The van der Waals surface area contributed by atoms with Crippen LogP contribution >= 0.6 is 11.8 Å². The van der Waals surface area contributed by atoms with Gasteiger partial charge in [0.05, 0.1) is 25.5 Å². The SMILES string of the molecule is COc1ccc(NC(=O)CSc2nnc3c4ccccc4n(C)c3n2)cc1OC. The lowest BCUT2D eigenvalue weighted by molar-refractivity contribution is -0.113. The number of anilines is 1. The smallest absolute Gasteiger partial charge is 0.234 e. The summed E-state index contributed by atoms with van der Waals surface area (Å²) in [5.41, 5.74) is 3.15. The van der Waals surface area contributed by atoms with Gasteiger partial charge >= 0.3 is 0 Å². The summed E-state index contributed by atoms with van der Waals surface area (Å²) in [6.07, 6.45) is 0. The Morgan fingerprint density at radius 3 is 2.69 bits per heavy atom. The molecule has 8 nitrogen and oxygen atoms in total. The average molecular weight is 409 g/mol. The van der Waals surface area contributed by atoms with Crippen molar-refractivity contribution in [2.75, 3.05) is 25.3 Å². The highest BCUT2D eigenvalue weighted by atomic mass is 32.2. The van der Waals surface area contributed by atoms with Crippen LogP contribution in [0.3, 0.4) is 0 Å². The molecule has 4 rings (SSSR count). The first kappa shape index (κ1) is 19.0. The zero-order valence-corrected chi connectivity index (χ0v) is 17.0. The fourth-order valence-electron chi connectivity index (χ4n) is 3.09. The average Bonchev–Trinajstić information content (AvgIpc) is 3.04. The number of hydrogen-bond donors (Lipinski definition) is 1. The van der Waals surface area contributed by atoms with E-state index < -0.39 is 0 Å². The second kappa shape index (κ2) is 7.96. The second-order valence-electron chi connectivity index (χ2n) is 6.25.